The van der Waals surface area contributed by atoms with E-state index in [1.54, 1.807) is 0 Å². The van der Waals surface area contributed by atoms with Gasteiger partial charge < -0.3 is 25.1 Å². The van der Waals surface area contributed by atoms with Gasteiger partial charge >= 0.3 is 13.2 Å². The fourth-order valence-electron chi connectivity index (χ4n) is 2.65. The Hall–Kier alpha value is -1.83. The van der Waals surface area contributed by atoms with Crippen molar-refractivity contribution in [3.63, 3.8) is 0 Å². The normalized spacial score (nSPS) is 18.9. The third kappa shape index (κ3) is 5.83. The van der Waals surface area contributed by atoms with E-state index < -0.39 is 30.0 Å². The minimum absolute atomic E-state index is 0.254. The van der Waals surface area contributed by atoms with Gasteiger partial charge in [-0.15, -0.1) is 0 Å². The lowest BCUT2D eigenvalue weighted by atomic mass is 9.77. The van der Waals surface area contributed by atoms with E-state index in [4.69, 9.17) is 19.8 Å². The molecule has 0 saturated carbocycles. The van der Waals surface area contributed by atoms with Crippen LogP contribution in [0, 0.1) is 0 Å². The van der Waals surface area contributed by atoms with Crippen LogP contribution in [0.5, 0.6) is 0 Å². The van der Waals surface area contributed by atoms with E-state index in [-0.39, 0.29) is 6.54 Å². The molecule has 0 bridgehead atoms. The summed E-state index contributed by atoms with van der Waals surface area (Å²) in [5, 5.41) is 2.80. The molecule has 1 aromatic carbocycles. The van der Waals surface area contributed by atoms with Crippen LogP contribution in [-0.4, -0.2) is 36.6 Å². The molecule has 0 spiro atoms. The number of nitrogens with one attached hydrogen (secondary N) is 1. The lowest BCUT2D eigenvalue weighted by Crippen LogP contribution is -2.41. The molecule has 154 valence electrons. The van der Waals surface area contributed by atoms with Crippen LogP contribution in [0.1, 0.15) is 59.6 Å². The Morgan fingerprint density at radius 1 is 1.14 bits per heavy atom. The molecule has 1 fully saturated rings. The average Bonchev–Trinajstić information content (AvgIpc) is 2.78. The highest BCUT2D eigenvalue weighted by Crippen LogP contribution is 2.38. The first-order chi connectivity index (χ1) is 12.8. The standard InChI is InChI=1S/C21H33BN2O4/c1-19(2,3)26-18(25)24-14-17(12-15-8-10-16(13-23)11-9-15)22-27-20(4,5)21(6,7)28-22/h8-12H,13-14,23H2,1-7H3,(H,24,25). The van der Waals surface area contributed by atoms with Crippen LogP contribution >= 0.6 is 0 Å². The zero-order valence-corrected chi connectivity index (χ0v) is 18.1. The van der Waals surface area contributed by atoms with Crippen molar-refractivity contribution < 1.29 is 18.8 Å². The first kappa shape index (κ1) is 22.5. The summed E-state index contributed by atoms with van der Waals surface area (Å²) in [5.74, 6) is 0. The molecule has 1 saturated heterocycles. The van der Waals surface area contributed by atoms with Crippen molar-refractivity contribution in [2.75, 3.05) is 6.54 Å². The SMILES string of the molecule is CC(C)(C)OC(=O)NCC(=Cc1ccc(CN)cc1)B1OC(C)(C)C(C)(C)O1. The lowest BCUT2D eigenvalue weighted by Gasteiger charge is -2.32. The number of alkyl carbamates (subject to hydrolysis) is 1. The average molecular weight is 388 g/mol. The Bertz CT molecular complexity index is 705. The third-order valence-corrected chi connectivity index (χ3v) is 4.96. The van der Waals surface area contributed by atoms with Crippen molar-refractivity contribution in [2.24, 2.45) is 5.73 Å². The summed E-state index contributed by atoms with van der Waals surface area (Å²) in [4.78, 5) is 12.1. The second-order valence-electron chi connectivity index (χ2n) is 9.11. The number of amides is 1. The van der Waals surface area contributed by atoms with Crippen LogP contribution in [0.3, 0.4) is 0 Å². The molecule has 2 rings (SSSR count). The van der Waals surface area contributed by atoms with Gasteiger partial charge in [-0.05, 0) is 65.1 Å². The first-order valence-electron chi connectivity index (χ1n) is 9.65. The minimum atomic E-state index is -0.561. The highest BCUT2D eigenvalue weighted by molar-refractivity contribution is 6.56. The highest BCUT2D eigenvalue weighted by Gasteiger charge is 2.52. The zero-order valence-electron chi connectivity index (χ0n) is 18.1. The lowest BCUT2D eigenvalue weighted by molar-refractivity contribution is 0.00578. The second-order valence-corrected chi connectivity index (χ2v) is 9.11. The van der Waals surface area contributed by atoms with Gasteiger partial charge in [0.25, 0.3) is 0 Å². The number of nitrogens with two attached hydrogens (primary N) is 1. The highest BCUT2D eigenvalue weighted by atomic mass is 16.7. The van der Waals surface area contributed by atoms with Crippen LogP contribution in [0.25, 0.3) is 6.08 Å². The third-order valence-electron chi connectivity index (χ3n) is 4.96. The quantitative estimate of drug-likeness (QED) is 0.752. The number of hydrogen-bond donors (Lipinski definition) is 2. The largest absolute Gasteiger partial charge is 0.492 e. The van der Waals surface area contributed by atoms with Crippen LogP contribution in [0.4, 0.5) is 4.79 Å². The van der Waals surface area contributed by atoms with Crippen molar-refractivity contribution in [3.05, 3.63) is 40.9 Å². The molecule has 0 aromatic heterocycles. The Morgan fingerprint density at radius 2 is 1.68 bits per heavy atom. The second kappa shape index (κ2) is 8.27. The van der Waals surface area contributed by atoms with Gasteiger partial charge in [-0.3, -0.25) is 0 Å². The fraction of sp³-hybridized carbons (Fsp3) is 0.571. The summed E-state index contributed by atoms with van der Waals surface area (Å²) >= 11 is 0. The van der Waals surface area contributed by atoms with Crippen molar-refractivity contribution in [1.29, 1.82) is 0 Å². The number of carbonyl (C=O) groups excluding carboxylic acids is 1. The van der Waals surface area contributed by atoms with Crippen molar-refractivity contribution >= 4 is 19.3 Å². The predicted molar refractivity (Wildman–Crippen MR) is 113 cm³/mol. The van der Waals surface area contributed by atoms with E-state index in [0.717, 1.165) is 16.6 Å². The Morgan fingerprint density at radius 3 is 2.14 bits per heavy atom. The summed E-state index contributed by atoms with van der Waals surface area (Å²) in [7, 11) is -0.561. The Kier molecular flexibility index (Phi) is 6.64. The van der Waals surface area contributed by atoms with Crippen molar-refractivity contribution in [1.82, 2.24) is 5.32 Å². The zero-order chi connectivity index (χ0) is 21.2. The maximum Gasteiger partial charge on any atom is 0.492 e. The van der Waals surface area contributed by atoms with Crippen LogP contribution in [-0.2, 0) is 20.6 Å². The number of rotatable bonds is 5. The van der Waals surface area contributed by atoms with E-state index in [9.17, 15) is 4.79 Å². The number of ether oxygens (including phenoxy) is 1. The molecule has 1 amide bonds. The molecule has 1 heterocycles. The molecule has 28 heavy (non-hydrogen) atoms. The smallest absolute Gasteiger partial charge is 0.444 e. The number of carbonyl (C=O) groups is 1. The van der Waals surface area contributed by atoms with Gasteiger partial charge in [0.05, 0.1) is 11.2 Å². The van der Waals surface area contributed by atoms with Gasteiger partial charge in [0.15, 0.2) is 0 Å². The van der Waals surface area contributed by atoms with E-state index in [1.807, 2.05) is 78.8 Å². The van der Waals surface area contributed by atoms with E-state index in [1.165, 1.54) is 0 Å². The molecule has 3 N–H and O–H groups in total. The van der Waals surface area contributed by atoms with Crippen LogP contribution in [0.15, 0.2) is 29.7 Å². The summed E-state index contributed by atoms with van der Waals surface area (Å²) in [6, 6.07) is 7.94. The molecular weight excluding hydrogens is 355 g/mol. The maximum absolute atomic E-state index is 12.1. The summed E-state index contributed by atoms with van der Waals surface area (Å²) in [6.45, 7) is 14.2. The molecule has 0 atom stereocenters. The van der Waals surface area contributed by atoms with Crippen LogP contribution in [0.2, 0.25) is 0 Å². The van der Waals surface area contributed by atoms with Gasteiger partial charge in [-0.2, -0.15) is 0 Å². The Balaban J connectivity index is 2.23. The van der Waals surface area contributed by atoms with Crippen LogP contribution < -0.4 is 11.1 Å². The number of hydrogen-bond acceptors (Lipinski definition) is 5. The van der Waals surface area contributed by atoms with Crippen molar-refractivity contribution in [2.45, 2.75) is 71.8 Å². The summed E-state index contributed by atoms with van der Waals surface area (Å²) in [5.41, 5.74) is 7.03. The fourth-order valence-corrected chi connectivity index (χ4v) is 2.65. The van der Waals surface area contributed by atoms with Gasteiger partial charge in [-0.25, -0.2) is 4.79 Å². The molecule has 1 aromatic rings. The molecule has 7 heteroatoms. The molecule has 0 aliphatic carbocycles. The summed E-state index contributed by atoms with van der Waals surface area (Å²) in [6.07, 6.45) is 1.49. The Labute approximate surface area is 168 Å². The van der Waals surface area contributed by atoms with Gasteiger partial charge in [0.1, 0.15) is 5.60 Å². The predicted octanol–water partition coefficient (Wildman–Crippen LogP) is 3.68. The van der Waals surface area contributed by atoms with Gasteiger partial charge in [0.2, 0.25) is 0 Å². The number of benzene rings is 1. The van der Waals surface area contributed by atoms with E-state index >= 15 is 0 Å². The first-order valence-corrected chi connectivity index (χ1v) is 9.65. The molecule has 1 aliphatic rings. The molecule has 6 nitrogen and oxygen atoms in total. The molecule has 0 radical (unpaired) electrons. The van der Waals surface area contributed by atoms with Crippen molar-refractivity contribution in [3.8, 4) is 0 Å². The van der Waals surface area contributed by atoms with E-state index in [2.05, 4.69) is 5.32 Å². The minimum Gasteiger partial charge on any atom is -0.444 e. The van der Waals surface area contributed by atoms with E-state index in [0.29, 0.717) is 6.54 Å². The molecule has 0 unspecified atom stereocenters. The monoisotopic (exact) mass is 388 g/mol. The van der Waals surface area contributed by atoms with Gasteiger partial charge in [-0.1, -0.05) is 30.3 Å². The maximum atomic E-state index is 12.1. The van der Waals surface area contributed by atoms with Gasteiger partial charge in [0, 0.05) is 13.1 Å². The summed E-state index contributed by atoms with van der Waals surface area (Å²) < 4.78 is 17.7. The molecule has 1 aliphatic heterocycles. The topological polar surface area (TPSA) is 82.8 Å². The molecular formula is C21H33BN2O4.